The first kappa shape index (κ1) is 16.5. The molecule has 1 aliphatic rings. The smallest absolute Gasteiger partial charge is 0.251 e. The van der Waals surface area contributed by atoms with Crippen molar-refractivity contribution in [1.29, 1.82) is 5.26 Å². The molecule has 1 aliphatic heterocycles. The van der Waals surface area contributed by atoms with E-state index >= 15 is 0 Å². The van der Waals surface area contributed by atoms with E-state index in [4.69, 9.17) is 5.26 Å². The zero-order valence-electron chi connectivity index (χ0n) is 13.5. The summed E-state index contributed by atoms with van der Waals surface area (Å²) in [7, 11) is 0. The Morgan fingerprint density at radius 3 is 2.96 bits per heavy atom. The minimum absolute atomic E-state index is 0.154. The molecule has 1 amide bonds. The van der Waals surface area contributed by atoms with Gasteiger partial charge in [0, 0.05) is 37.0 Å². The van der Waals surface area contributed by atoms with Crippen molar-refractivity contribution >= 4 is 22.4 Å². The maximum absolute atomic E-state index is 12.1. The summed E-state index contributed by atoms with van der Waals surface area (Å²) in [5.41, 5.74) is 2.03. The van der Waals surface area contributed by atoms with Gasteiger partial charge in [-0.05, 0) is 37.5 Å². The molecule has 0 unspecified atom stereocenters. The highest BCUT2D eigenvalue weighted by molar-refractivity contribution is 7.13. The molecule has 0 saturated carbocycles. The zero-order valence-corrected chi connectivity index (χ0v) is 14.3. The van der Waals surface area contributed by atoms with Crippen molar-refractivity contribution in [1.82, 2.24) is 10.3 Å². The quantitative estimate of drug-likeness (QED) is 0.908. The van der Waals surface area contributed by atoms with Crippen LogP contribution in [0.15, 0.2) is 29.6 Å². The summed E-state index contributed by atoms with van der Waals surface area (Å²) in [5, 5.41) is 14.9. The monoisotopic (exact) mass is 340 g/mol. The Bertz CT molecular complexity index is 743. The van der Waals surface area contributed by atoms with E-state index in [9.17, 15) is 4.79 Å². The van der Waals surface area contributed by atoms with Crippen molar-refractivity contribution in [2.24, 2.45) is 0 Å². The number of amides is 1. The predicted molar refractivity (Wildman–Crippen MR) is 95.4 cm³/mol. The molecule has 5 nitrogen and oxygen atoms in total. The topological polar surface area (TPSA) is 69.0 Å². The Kier molecular flexibility index (Phi) is 5.44. The third-order valence-electron chi connectivity index (χ3n) is 4.09. The highest BCUT2D eigenvalue weighted by Crippen LogP contribution is 2.24. The van der Waals surface area contributed by atoms with Crippen LogP contribution in [0.25, 0.3) is 0 Å². The molecular weight excluding hydrogens is 320 g/mol. The number of hydrogen-bond acceptors (Lipinski definition) is 5. The number of thiazole rings is 1. The summed E-state index contributed by atoms with van der Waals surface area (Å²) in [6, 6.07) is 8.77. The van der Waals surface area contributed by atoms with E-state index in [-0.39, 0.29) is 5.91 Å². The molecule has 3 rings (SSSR count). The number of nitrogens with one attached hydrogen (secondary N) is 1. The lowest BCUT2D eigenvalue weighted by Gasteiger charge is -2.25. The van der Waals surface area contributed by atoms with Gasteiger partial charge in [-0.2, -0.15) is 5.26 Å². The predicted octanol–water partition coefficient (Wildman–Crippen LogP) is 2.98. The van der Waals surface area contributed by atoms with E-state index in [1.807, 2.05) is 6.07 Å². The van der Waals surface area contributed by atoms with Gasteiger partial charge in [-0.15, -0.1) is 11.3 Å². The van der Waals surface area contributed by atoms with Crippen molar-refractivity contribution in [2.45, 2.75) is 25.7 Å². The van der Waals surface area contributed by atoms with Gasteiger partial charge in [0.2, 0.25) is 0 Å². The van der Waals surface area contributed by atoms with Crippen molar-refractivity contribution in [3.63, 3.8) is 0 Å². The molecule has 24 heavy (non-hydrogen) atoms. The third kappa shape index (κ3) is 4.12. The molecule has 6 heteroatoms. The fourth-order valence-electron chi connectivity index (χ4n) is 2.78. The molecule has 0 radical (unpaired) electrons. The van der Waals surface area contributed by atoms with Crippen LogP contribution in [0.1, 0.15) is 40.9 Å². The lowest BCUT2D eigenvalue weighted by atomic mass is 10.1. The van der Waals surface area contributed by atoms with Crippen molar-refractivity contribution in [3.8, 4) is 6.07 Å². The average Bonchev–Trinajstić information content (AvgIpc) is 3.11. The number of carbonyl (C=O) groups excluding carboxylic acids is 1. The second-order valence-corrected chi connectivity index (χ2v) is 6.70. The lowest BCUT2D eigenvalue weighted by Crippen LogP contribution is -2.29. The third-order valence-corrected chi connectivity index (χ3v) is 5.04. The highest BCUT2D eigenvalue weighted by atomic mass is 32.1. The minimum Gasteiger partial charge on any atom is -0.352 e. The Morgan fingerprint density at radius 2 is 2.17 bits per heavy atom. The van der Waals surface area contributed by atoms with Gasteiger partial charge in [0.05, 0.1) is 17.3 Å². The van der Waals surface area contributed by atoms with Crippen LogP contribution >= 0.6 is 11.3 Å². The van der Waals surface area contributed by atoms with Crippen LogP contribution in [0.3, 0.4) is 0 Å². The van der Waals surface area contributed by atoms with Crippen LogP contribution in [0.2, 0.25) is 0 Å². The van der Waals surface area contributed by atoms with E-state index in [0.717, 1.165) is 23.9 Å². The fraction of sp³-hybridized carbons (Fsp3) is 0.389. The Balaban J connectivity index is 1.50. The number of aromatic nitrogens is 1. The van der Waals surface area contributed by atoms with Crippen LogP contribution < -0.4 is 10.2 Å². The van der Waals surface area contributed by atoms with Crippen molar-refractivity contribution in [2.75, 3.05) is 24.5 Å². The van der Waals surface area contributed by atoms with Gasteiger partial charge in [-0.25, -0.2) is 4.98 Å². The first-order valence-corrected chi connectivity index (χ1v) is 9.12. The molecule has 1 fully saturated rings. The number of benzene rings is 1. The molecule has 0 spiro atoms. The van der Waals surface area contributed by atoms with Crippen LogP contribution in [-0.4, -0.2) is 30.5 Å². The summed E-state index contributed by atoms with van der Waals surface area (Å²) in [5.74, 6) is -0.154. The second kappa shape index (κ2) is 7.93. The maximum atomic E-state index is 12.1. The highest BCUT2D eigenvalue weighted by Gasteiger charge is 2.14. The van der Waals surface area contributed by atoms with E-state index in [2.05, 4.69) is 20.6 Å². The van der Waals surface area contributed by atoms with Gasteiger partial charge in [-0.1, -0.05) is 6.07 Å². The number of carbonyl (C=O) groups is 1. The summed E-state index contributed by atoms with van der Waals surface area (Å²) in [6.45, 7) is 2.73. The van der Waals surface area contributed by atoms with Crippen LogP contribution in [0, 0.1) is 11.3 Å². The molecule has 1 aromatic heterocycles. The van der Waals surface area contributed by atoms with E-state index < -0.39 is 0 Å². The van der Waals surface area contributed by atoms with Crippen LogP contribution in [0.5, 0.6) is 0 Å². The molecule has 0 aliphatic carbocycles. The number of hydrogen-bond donors (Lipinski definition) is 1. The van der Waals surface area contributed by atoms with Gasteiger partial charge in [-0.3, -0.25) is 4.79 Å². The van der Waals surface area contributed by atoms with E-state index in [1.54, 1.807) is 35.6 Å². The van der Waals surface area contributed by atoms with Gasteiger partial charge in [0.15, 0.2) is 5.13 Å². The number of nitrogens with zero attached hydrogens (tertiary/aromatic N) is 3. The normalized spacial score (nSPS) is 14.2. The van der Waals surface area contributed by atoms with E-state index in [0.29, 0.717) is 24.1 Å². The largest absolute Gasteiger partial charge is 0.352 e. The average molecular weight is 340 g/mol. The molecule has 1 N–H and O–H groups in total. The summed E-state index contributed by atoms with van der Waals surface area (Å²) in [6.07, 6.45) is 4.52. The van der Waals surface area contributed by atoms with Crippen LogP contribution in [0.4, 0.5) is 5.13 Å². The molecule has 0 atom stereocenters. The number of piperidine rings is 1. The molecule has 124 valence electrons. The molecular formula is C18H20N4OS. The molecule has 2 heterocycles. The SMILES string of the molecule is N#Cc1cccc(C(=O)NCCc2csc(N3CCCCC3)n2)c1. The van der Waals surface area contributed by atoms with Crippen molar-refractivity contribution in [3.05, 3.63) is 46.5 Å². The Hall–Kier alpha value is -2.39. The zero-order chi connectivity index (χ0) is 16.8. The minimum atomic E-state index is -0.154. The fourth-order valence-corrected chi connectivity index (χ4v) is 3.69. The molecule has 1 saturated heterocycles. The number of nitriles is 1. The first-order chi connectivity index (χ1) is 11.8. The standard InChI is InChI=1S/C18H20N4OS/c19-12-14-5-4-6-15(11-14)17(23)20-8-7-16-13-24-18(21-16)22-9-2-1-3-10-22/h4-6,11,13H,1-3,7-10H2,(H,20,23). The lowest BCUT2D eigenvalue weighted by molar-refractivity contribution is 0.0954. The molecule has 0 bridgehead atoms. The van der Waals surface area contributed by atoms with Gasteiger partial charge >= 0.3 is 0 Å². The van der Waals surface area contributed by atoms with Crippen molar-refractivity contribution < 1.29 is 4.79 Å². The van der Waals surface area contributed by atoms with Gasteiger partial charge in [0.1, 0.15) is 0 Å². The Morgan fingerprint density at radius 1 is 1.33 bits per heavy atom. The summed E-state index contributed by atoms with van der Waals surface area (Å²) >= 11 is 1.68. The summed E-state index contributed by atoms with van der Waals surface area (Å²) in [4.78, 5) is 19.1. The van der Waals surface area contributed by atoms with Gasteiger partial charge < -0.3 is 10.2 Å². The number of rotatable bonds is 5. The maximum Gasteiger partial charge on any atom is 0.251 e. The van der Waals surface area contributed by atoms with Gasteiger partial charge in [0.25, 0.3) is 5.91 Å². The molecule has 2 aromatic rings. The molecule has 1 aromatic carbocycles. The first-order valence-electron chi connectivity index (χ1n) is 8.24. The number of anilines is 1. The summed E-state index contributed by atoms with van der Waals surface area (Å²) < 4.78 is 0. The van der Waals surface area contributed by atoms with E-state index in [1.165, 1.54) is 19.3 Å². The second-order valence-electron chi connectivity index (χ2n) is 5.87. The Labute approximate surface area is 145 Å². The van der Waals surface area contributed by atoms with Crippen LogP contribution in [-0.2, 0) is 6.42 Å².